The number of benzene rings is 2. The van der Waals surface area contributed by atoms with E-state index in [1.807, 2.05) is 31.2 Å². The first-order valence-corrected chi connectivity index (χ1v) is 13.2. The lowest BCUT2D eigenvalue weighted by atomic mass is 9.95. The van der Waals surface area contributed by atoms with Crippen LogP contribution in [0.25, 0.3) is 0 Å². The molecule has 0 aliphatic heterocycles. The first-order valence-electron chi connectivity index (χ1n) is 11.5. The summed E-state index contributed by atoms with van der Waals surface area (Å²) in [5.41, 5.74) is 2.24. The molecule has 2 amide bonds. The molecule has 2 aromatic carbocycles. The van der Waals surface area contributed by atoms with Crippen molar-refractivity contribution in [2.75, 3.05) is 5.75 Å². The first-order chi connectivity index (χ1) is 15.4. The molecule has 0 heterocycles. The average Bonchev–Trinajstić information content (AvgIpc) is 2.80. The van der Waals surface area contributed by atoms with E-state index in [1.165, 1.54) is 12.0 Å². The molecule has 0 unspecified atom stereocenters. The van der Waals surface area contributed by atoms with Crippen LogP contribution < -0.4 is 5.32 Å². The number of rotatable bonds is 9. The molecule has 0 radical (unpaired) electrons. The van der Waals surface area contributed by atoms with E-state index in [0.29, 0.717) is 18.7 Å². The van der Waals surface area contributed by atoms with Crippen molar-refractivity contribution >= 4 is 39.5 Å². The Bertz CT molecular complexity index is 880. The third-order valence-corrected chi connectivity index (χ3v) is 7.53. The van der Waals surface area contributed by atoms with Gasteiger partial charge >= 0.3 is 0 Å². The topological polar surface area (TPSA) is 49.4 Å². The van der Waals surface area contributed by atoms with E-state index >= 15 is 0 Å². The molecule has 1 aliphatic rings. The molecular weight excluding hydrogens is 484 g/mol. The molecule has 1 N–H and O–H groups in total. The van der Waals surface area contributed by atoms with Crippen molar-refractivity contribution in [2.24, 2.45) is 0 Å². The van der Waals surface area contributed by atoms with Gasteiger partial charge in [-0.25, -0.2) is 0 Å². The Morgan fingerprint density at radius 2 is 1.72 bits per heavy atom. The number of carbonyl (C=O) groups excluding carboxylic acids is 2. The zero-order valence-electron chi connectivity index (χ0n) is 19.0. The van der Waals surface area contributed by atoms with Crippen LogP contribution in [0.2, 0.25) is 0 Å². The second-order valence-electron chi connectivity index (χ2n) is 8.58. The van der Waals surface area contributed by atoms with E-state index in [4.69, 9.17) is 0 Å². The molecule has 1 saturated carbocycles. The highest BCUT2D eigenvalue weighted by molar-refractivity contribution is 9.10. The van der Waals surface area contributed by atoms with E-state index in [9.17, 15) is 9.59 Å². The number of aryl methyl sites for hydroxylation is 1. The Morgan fingerprint density at radius 3 is 2.38 bits per heavy atom. The summed E-state index contributed by atoms with van der Waals surface area (Å²) in [6.07, 6.45) is 6.04. The number of thioether (sulfide) groups is 1. The molecule has 32 heavy (non-hydrogen) atoms. The Labute approximate surface area is 204 Å². The van der Waals surface area contributed by atoms with Crippen molar-refractivity contribution in [1.29, 1.82) is 0 Å². The van der Waals surface area contributed by atoms with E-state index in [-0.39, 0.29) is 17.9 Å². The smallest absolute Gasteiger partial charge is 0.242 e. The Kier molecular flexibility index (Phi) is 9.67. The summed E-state index contributed by atoms with van der Waals surface area (Å²) in [5.74, 6) is 0.655. The fourth-order valence-electron chi connectivity index (χ4n) is 3.97. The third-order valence-electron chi connectivity index (χ3n) is 5.99. The van der Waals surface area contributed by atoms with Gasteiger partial charge in [-0.3, -0.25) is 9.59 Å². The van der Waals surface area contributed by atoms with Gasteiger partial charge in [0.15, 0.2) is 0 Å². The summed E-state index contributed by atoms with van der Waals surface area (Å²) in [5, 5.41) is 3.19. The summed E-state index contributed by atoms with van der Waals surface area (Å²) < 4.78 is 0.997. The predicted octanol–water partition coefficient (Wildman–Crippen LogP) is 6.11. The zero-order chi connectivity index (χ0) is 22.9. The second-order valence-corrected chi connectivity index (χ2v) is 10.7. The van der Waals surface area contributed by atoms with Crippen LogP contribution in [-0.4, -0.2) is 34.6 Å². The number of hydrogen-bond acceptors (Lipinski definition) is 3. The van der Waals surface area contributed by atoms with Gasteiger partial charge in [0.05, 0.1) is 0 Å². The number of carbonyl (C=O) groups is 2. The molecule has 0 spiro atoms. The molecule has 6 heteroatoms. The molecule has 1 aliphatic carbocycles. The van der Waals surface area contributed by atoms with Crippen molar-refractivity contribution in [3.8, 4) is 0 Å². The normalized spacial score (nSPS) is 15.2. The minimum Gasteiger partial charge on any atom is -0.352 e. The molecule has 0 saturated heterocycles. The summed E-state index contributed by atoms with van der Waals surface area (Å²) in [4.78, 5) is 29.1. The van der Waals surface area contributed by atoms with Crippen LogP contribution in [0.1, 0.15) is 56.6 Å². The molecule has 0 aromatic heterocycles. The van der Waals surface area contributed by atoms with Crippen molar-refractivity contribution in [1.82, 2.24) is 10.2 Å². The first kappa shape index (κ1) is 24.8. The third kappa shape index (κ3) is 7.66. The van der Waals surface area contributed by atoms with Gasteiger partial charge in [-0.05, 0) is 56.5 Å². The number of nitrogens with one attached hydrogen (secondary N) is 1. The van der Waals surface area contributed by atoms with Crippen molar-refractivity contribution in [3.05, 3.63) is 64.1 Å². The summed E-state index contributed by atoms with van der Waals surface area (Å²) in [6, 6.07) is 16.0. The monoisotopic (exact) mass is 516 g/mol. The maximum absolute atomic E-state index is 13.2. The fourth-order valence-corrected chi connectivity index (χ4v) is 5.08. The van der Waals surface area contributed by atoms with Gasteiger partial charge < -0.3 is 10.2 Å². The maximum atomic E-state index is 13.2. The molecule has 1 fully saturated rings. The number of nitrogens with zero attached hydrogens (tertiary/aromatic N) is 1. The van der Waals surface area contributed by atoms with Gasteiger partial charge in [0.1, 0.15) is 6.04 Å². The highest BCUT2D eigenvalue weighted by Gasteiger charge is 2.27. The maximum Gasteiger partial charge on any atom is 0.242 e. The van der Waals surface area contributed by atoms with Crippen LogP contribution in [0, 0.1) is 6.92 Å². The lowest BCUT2D eigenvalue weighted by molar-refractivity contribution is -0.140. The van der Waals surface area contributed by atoms with Gasteiger partial charge in [-0.2, -0.15) is 0 Å². The van der Waals surface area contributed by atoms with Crippen LogP contribution in [0.5, 0.6) is 0 Å². The lowest BCUT2D eigenvalue weighted by Crippen LogP contribution is -2.50. The van der Waals surface area contributed by atoms with E-state index in [1.54, 1.807) is 16.7 Å². The second kappa shape index (κ2) is 12.4. The van der Waals surface area contributed by atoms with Gasteiger partial charge in [0.25, 0.3) is 0 Å². The zero-order valence-corrected chi connectivity index (χ0v) is 21.4. The summed E-state index contributed by atoms with van der Waals surface area (Å²) in [7, 11) is 0. The molecule has 4 nitrogen and oxygen atoms in total. The van der Waals surface area contributed by atoms with Crippen molar-refractivity contribution in [3.63, 3.8) is 0 Å². The van der Waals surface area contributed by atoms with Gasteiger partial charge in [-0.15, -0.1) is 11.8 Å². The SMILES string of the molecule is Cc1ccc(SCCC(=O)N(Cc2ccc(Br)cc2)[C@@H](C)C(=O)NC2CCCCC2)cc1. The van der Waals surface area contributed by atoms with Crippen LogP contribution in [0.3, 0.4) is 0 Å². The van der Waals surface area contributed by atoms with Gasteiger partial charge in [0.2, 0.25) is 11.8 Å². The predicted molar refractivity (Wildman–Crippen MR) is 136 cm³/mol. The van der Waals surface area contributed by atoms with Crippen LogP contribution in [0.4, 0.5) is 0 Å². The number of halogens is 1. The largest absolute Gasteiger partial charge is 0.352 e. The summed E-state index contributed by atoms with van der Waals surface area (Å²) in [6.45, 7) is 4.35. The molecule has 3 rings (SSSR count). The molecule has 172 valence electrons. The Morgan fingerprint density at radius 1 is 1.06 bits per heavy atom. The van der Waals surface area contributed by atoms with E-state index in [2.05, 4.69) is 52.4 Å². The summed E-state index contributed by atoms with van der Waals surface area (Å²) >= 11 is 5.14. The standard InChI is InChI=1S/C26H33BrN2O2S/c1-19-8-14-24(15-9-19)32-17-16-25(30)29(18-21-10-12-22(27)13-11-21)20(2)26(31)28-23-6-4-3-5-7-23/h8-15,20,23H,3-7,16-18H2,1-2H3,(H,28,31)/t20-/m0/s1. The lowest BCUT2D eigenvalue weighted by Gasteiger charge is -2.31. The van der Waals surface area contributed by atoms with Gasteiger partial charge in [-0.1, -0.05) is 65.0 Å². The molecule has 1 atom stereocenters. The highest BCUT2D eigenvalue weighted by atomic mass is 79.9. The average molecular weight is 518 g/mol. The molecular formula is C26H33BrN2O2S. The fraction of sp³-hybridized carbons (Fsp3) is 0.462. The molecule has 2 aromatic rings. The van der Waals surface area contributed by atoms with E-state index < -0.39 is 6.04 Å². The van der Waals surface area contributed by atoms with Crippen LogP contribution in [-0.2, 0) is 16.1 Å². The van der Waals surface area contributed by atoms with Crippen LogP contribution >= 0.6 is 27.7 Å². The molecule has 0 bridgehead atoms. The Hall–Kier alpha value is -1.79. The minimum absolute atomic E-state index is 0.0128. The van der Waals surface area contributed by atoms with Crippen molar-refractivity contribution in [2.45, 2.75) is 75.9 Å². The quantitative estimate of drug-likeness (QED) is 0.409. The Balaban J connectivity index is 1.64. The van der Waals surface area contributed by atoms with Gasteiger partial charge in [0, 0.05) is 34.1 Å². The minimum atomic E-state index is -0.502. The van der Waals surface area contributed by atoms with E-state index in [0.717, 1.165) is 40.6 Å². The highest BCUT2D eigenvalue weighted by Crippen LogP contribution is 2.22. The van der Waals surface area contributed by atoms with Crippen LogP contribution in [0.15, 0.2) is 57.9 Å². The van der Waals surface area contributed by atoms with Crippen molar-refractivity contribution < 1.29 is 9.59 Å². The number of amides is 2. The number of hydrogen-bond donors (Lipinski definition) is 1.